The molecule has 15 heavy (non-hydrogen) atoms. The number of carbonyl (C=O) groups is 1. The molecule has 82 valence electrons. The van der Waals surface area contributed by atoms with Crippen LogP contribution in [0.3, 0.4) is 0 Å². The molecule has 1 rings (SSSR count). The first kappa shape index (κ1) is 11.9. The van der Waals surface area contributed by atoms with Gasteiger partial charge in [-0.05, 0) is 37.4 Å². The molecule has 0 aliphatic rings. The standard InChI is InChI=1S/C13H19NO/c1-3-12-4-6-13(7-5-12)8-9-14-10-11(2)15/h4-7,14H,3,8-10H2,1-2H3. The summed E-state index contributed by atoms with van der Waals surface area (Å²) in [6.07, 6.45) is 2.07. The molecule has 1 aromatic carbocycles. The summed E-state index contributed by atoms with van der Waals surface area (Å²) in [6, 6.07) is 8.66. The van der Waals surface area contributed by atoms with Crippen LogP contribution in [0.15, 0.2) is 24.3 Å². The first-order valence-corrected chi connectivity index (χ1v) is 5.50. The molecule has 0 unspecified atom stereocenters. The molecule has 0 spiro atoms. The Morgan fingerprint density at radius 3 is 2.33 bits per heavy atom. The van der Waals surface area contributed by atoms with Gasteiger partial charge in [0.2, 0.25) is 0 Å². The summed E-state index contributed by atoms with van der Waals surface area (Å²) in [5.74, 6) is 0.191. The second kappa shape index (κ2) is 6.36. The molecule has 0 radical (unpaired) electrons. The molecular weight excluding hydrogens is 186 g/mol. The zero-order chi connectivity index (χ0) is 11.1. The molecule has 0 atom stereocenters. The van der Waals surface area contributed by atoms with Crippen LogP contribution in [-0.4, -0.2) is 18.9 Å². The van der Waals surface area contributed by atoms with Gasteiger partial charge in [0.25, 0.3) is 0 Å². The third-order valence-corrected chi connectivity index (χ3v) is 2.40. The molecule has 0 saturated carbocycles. The number of aryl methyl sites for hydroxylation is 1. The van der Waals surface area contributed by atoms with Gasteiger partial charge in [-0.15, -0.1) is 0 Å². The predicted molar refractivity (Wildman–Crippen MR) is 63.1 cm³/mol. The van der Waals surface area contributed by atoms with E-state index in [1.807, 2.05) is 0 Å². The highest BCUT2D eigenvalue weighted by atomic mass is 16.1. The monoisotopic (exact) mass is 205 g/mol. The fraction of sp³-hybridized carbons (Fsp3) is 0.462. The van der Waals surface area contributed by atoms with Crippen LogP contribution in [0.1, 0.15) is 25.0 Å². The zero-order valence-electron chi connectivity index (χ0n) is 9.55. The summed E-state index contributed by atoms with van der Waals surface area (Å²) in [6.45, 7) is 5.10. The van der Waals surface area contributed by atoms with Crippen molar-refractivity contribution in [2.75, 3.05) is 13.1 Å². The van der Waals surface area contributed by atoms with E-state index >= 15 is 0 Å². The van der Waals surface area contributed by atoms with E-state index in [0.29, 0.717) is 6.54 Å². The lowest BCUT2D eigenvalue weighted by Crippen LogP contribution is -2.23. The number of benzene rings is 1. The maximum atomic E-state index is 10.7. The van der Waals surface area contributed by atoms with Crippen LogP contribution in [0.25, 0.3) is 0 Å². The number of hydrogen-bond donors (Lipinski definition) is 1. The Morgan fingerprint density at radius 1 is 1.20 bits per heavy atom. The van der Waals surface area contributed by atoms with Crippen molar-refractivity contribution in [1.29, 1.82) is 0 Å². The van der Waals surface area contributed by atoms with E-state index in [4.69, 9.17) is 0 Å². The van der Waals surface area contributed by atoms with E-state index in [-0.39, 0.29) is 5.78 Å². The number of nitrogens with one attached hydrogen (secondary N) is 1. The molecular formula is C13H19NO. The van der Waals surface area contributed by atoms with Gasteiger partial charge in [-0.2, -0.15) is 0 Å². The van der Waals surface area contributed by atoms with E-state index in [1.165, 1.54) is 11.1 Å². The number of ketones is 1. The van der Waals surface area contributed by atoms with Crippen molar-refractivity contribution in [3.63, 3.8) is 0 Å². The average molecular weight is 205 g/mol. The maximum Gasteiger partial charge on any atom is 0.143 e. The third-order valence-electron chi connectivity index (χ3n) is 2.40. The van der Waals surface area contributed by atoms with Gasteiger partial charge in [-0.1, -0.05) is 31.2 Å². The van der Waals surface area contributed by atoms with Gasteiger partial charge >= 0.3 is 0 Å². The highest BCUT2D eigenvalue weighted by Crippen LogP contribution is 2.05. The van der Waals surface area contributed by atoms with Crippen molar-refractivity contribution in [3.8, 4) is 0 Å². The topological polar surface area (TPSA) is 29.1 Å². The molecule has 2 nitrogen and oxygen atoms in total. The van der Waals surface area contributed by atoms with Crippen LogP contribution < -0.4 is 5.32 Å². The van der Waals surface area contributed by atoms with E-state index < -0.39 is 0 Å². The summed E-state index contributed by atoms with van der Waals surface area (Å²) >= 11 is 0. The third kappa shape index (κ3) is 4.75. The van der Waals surface area contributed by atoms with Crippen LogP contribution in [0, 0.1) is 0 Å². The molecule has 0 heterocycles. The quantitative estimate of drug-likeness (QED) is 0.719. The predicted octanol–water partition coefficient (Wildman–Crippen LogP) is 1.97. The number of carbonyl (C=O) groups excluding carboxylic acids is 1. The van der Waals surface area contributed by atoms with Gasteiger partial charge in [0.15, 0.2) is 0 Å². The van der Waals surface area contributed by atoms with Crippen LogP contribution in [0.4, 0.5) is 0 Å². The Hall–Kier alpha value is -1.15. The fourth-order valence-corrected chi connectivity index (χ4v) is 1.44. The Morgan fingerprint density at radius 2 is 1.80 bits per heavy atom. The van der Waals surface area contributed by atoms with Crippen molar-refractivity contribution in [2.45, 2.75) is 26.7 Å². The second-order valence-electron chi connectivity index (χ2n) is 3.80. The molecule has 0 amide bonds. The van der Waals surface area contributed by atoms with Gasteiger partial charge in [-0.3, -0.25) is 4.79 Å². The normalized spacial score (nSPS) is 10.3. The minimum atomic E-state index is 0.191. The van der Waals surface area contributed by atoms with Crippen molar-refractivity contribution in [1.82, 2.24) is 5.32 Å². The largest absolute Gasteiger partial charge is 0.310 e. The summed E-state index contributed by atoms with van der Waals surface area (Å²) in [7, 11) is 0. The first-order valence-electron chi connectivity index (χ1n) is 5.50. The molecule has 0 saturated heterocycles. The lowest BCUT2D eigenvalue weighted by molar-refractivity contribution is -0.116. The van der Waals surface area contributed by atoms with Gasteiger partial charge in [0.1, 0.15) is 5.78 Å². The molecule has 1 aromatic rings. The fourth-order valence-electron chi connectivity index (χ4n) is 1.44. The van der Waals surface area contributed by atoms with Crippen LogP contribution in [0.2, 0.25) is 0 Å². The van der Waals surface area contributed by atoms with Crippen molar-refractivity contribution in [2.24, 2.45) is 0 Å². The minimum Gasteiger partial charge on any atom is -0.310 e. The molecule has 0 aliphatic heterocycles. The summed E-state index contributed by atoms with van der Waals surface area (Å²) in [5.41, 5.74) is 2.69. The van der Waals surface area contributed by atoms with Crippen LogP contribution >= 0.6 is 0 Å². The molecule has 0 bridgehead atoms. The maximum absolute atomic E-state index is 10.7. The van der Waals surface area contributed by atoms with Gasteiger partial charge in [-0.25, -0.2) is 0 Å². The number of rotatable bonds is 6. The van der Waals surface area contributed by atoms with E-state index in [1.54, 1.807) is 6.92 Å². The molecule has 0 fully saturated rings. The number of Topliss-reactive ketones (excluding diaryl/α,β-unsaturated/α-hetero) is 1. The van der Waals surface area contributed by atoms with Gasteiger partial charge in [0, 0.05) is 0 Å². The summed E-state index contributed by atoms with van der Waals surface area (Å²) in [5, 5.41) is 3.11. The molecule has 0 aromatic heterocycles. The smallest absolute Gasteiger partial charge is 0.143 e. The Labute approximate surface area is 91.7 Å². The Balaban J connectivity index is 2.28. The minimum absolute atomic E-state index is 0.191. The van der Waals surface area contributed by atoms with Crippen molar-refractivity contribution >= 4 is 5.78 Å². The molecule has 0 aliphatic carbocycles. The van der Waals surface area contributed by atoms with E-state index in [0.717, 1.165) is 19.4 Å². The molecule has 1 N–H and O–H groups in total. The highest BCUT2D eigenvalue weighted by molar-refractivity contribution is 5.77. The van der Waals surface area contributed by atoms with Gasteiger partial charge in [0.05, 0.1) is 6.54 Å². The Kier molecular flexibility index (Phi) is 5.05. The van der Waals surface area contributed by atoms with Crippen LogP contribution in [-0.2, 0) is 17.6 Å². The van der Waals surface area contributed by atoms with E-state index in [2.05, 4.69) is 36.5 Å². The highest BCUT2D eigenvalue weighted by Gasteiger charge is 1.95. The van der Waals surface area contributed by atoms with Crippen molar-refractivity contribution in [3.05, 3.63) is 35.4 Å². The van der Waals surface area contributed by atoms with Gasteiger partial charge < -0.3 is 5.32 Å². The summed E-state index contributed by atoms with van der Waals surface area (Å²) in [4.78, 5) is 10.7. The molecule has 2 heteroatoms. The van der Waals surface area contributed by atoms with E-state index in [9.17, 15) is 4.79 Å². The summed E-state index contributed by atoms with van der Waals surface area (Å²) < 4.78 is 0. The first-order chi connectivity index (χ1) is 7.22. The average Bonchev–Trinajstić information content (AvgIpc) is 2.25. The SMILES string of the molecule is CCc1ccc(CCNCC(C)=O)cc1. The van der Waals surface area contributed by atoms with Crippen molar-refractivity contribution < 1.29 is 4.79 Å². The number of hydrogen-bond acceptors (Lipinski definition) is 2. The van der Waals surface area contributed by atoms with Crippen LogP contribution in [0.5, 0.6) is 0 Å². The second-order valence-corrected chi connectivity index (χ2v) is 3.80. The zero-order valence-corrected chi connectivity index (χ0v) is 9.55. The Bertz CT molecular complexity index is 303. The lowest BCUT2D eigenvalue weighted by Gasteiger charge is -2.03. The lowest BCUT2D eigenvalue weighted by atomic mass is 10.1.